The van der Waals surface area contributed by atoms with Crippen molar-refractivity contribution in [1.82, 2.24) is 9.62 Å². The van der Waals surface area contributed by atoms with Crippen molar-refractivity contribution in [2.45, 2.75) is 62.3 Å². The first-order valence-electron chi connectivity index (χ1n) is 11.9. The van der Waals surface area contributed by atoms with Gasteiger partial charge in [0.1, 0.15) is 0 Å². The molecule has 170 valence electrons. The molecule has 1 aromatic rings. The fraction of sp³-hybridized carbons (Fsp3) is 0.708. The van der Waals surface area contributed by atoms with E-state index in [0.29, 0.717) is 48.6 Å². The Hall–Kier alpha value is -1.44. The van der Waals surface area contributed by atoms with Crippen LogP contribution in [0.2, 0.25) is 0 Å². The van der Waals surface area contributed by atoms with Crippen LogP contribution in [0.3, 0.4) is 0 Å². The summed E-state index contributed by atoms with van der Waals surface area (Å²) in [5, 5.41) is 13.4. The summed E-state index contributed by atoms with van der Waals surface area (Å²) < 4.78 is 27.2. The number of amides is 1. The Bertz CT molecular complexity index is 913. The van der Waals surface area contributed by atoms with E-state index < -0.39 is 10.0 Å². The summed E-state index contributed by atoms with van der Waals surface area (Å²) in [6, 6.07) is 8.75. The van der Waals surface area contributed by atoms with Crippen LogP contribution in [0.1, 0.15) is 51.4 Å². The second-order valence-corrected chi connectivity index (χ2v) is 12.4. The summed E-state index contributed by atoms with van der Waals surface area (Å²) in [6.07, 6.45) is 7.91. The Morgan fingerprint density at radius 2 is 1.81 bits per heavy atom. The zero-order valence-corrected chi connectivity index (χ0v) is 18.9. The first kappa shape index (κ1) is 21.4. The maximum atomic E-state index is 13.1. The lowest BCUT2D eigenvalue weighted by atomic mass is 9.70. The average Bonchev–Trinajstić information content (AvgIpc) is 3.01. The van der Waals surface area contributed by atoms with Gasteiger partial charge in [-0.2, -0.15) is 4.31 Å². The number of nitrogens with zero attached hydrogens (tertiary/aromatic N) is 1. The van der Waals surface area contributed by atoms with Crippen molar-refractivity contribution in [3.8, 4) is 0 Å². The normalized spacial score (nSPS) is 36.3. The van der Waals surface area contributed by atoms with E-state index in [-0.39, 0.29) is 29.9 Å². The Morgan fingerprint density at radius 1 is 1.06 bits per heavy atom. The van der Waals surface area contributed by atoms with Gasteiger partial charge in [-0.25, -0.2) is 8.42 Å². The van der Waals surface area contributed by atoms with Crippen LogP contribution in [0.15, 0.2) is 35.2 Å². The van der Waals surface area contributed by atoms with Crippen LogP contribution in [0, 0.1) is 29.1 Å². The van der Waals surface area contributed by atoms with Crippen molar-refractivity contribution in [3.05, 3.63) is 30.3 Å². The number of carbonyl (C=O) groups excluding carboxylic acids is 1. The fourth-order valence-corrected chi connectivity index (χ4v) is 8.59. The second-order valence-electron chi connectivity index (χ2n) is 10.5. The van der Waals surface area contributed by atoms with Crippen molar-refractivity contribution in [2.24, 2.45) is 29.1 Å². The van der Waals surface area contributed by atoms with Crippen LogP contribution in [-0.4, -0.2) is 49.5 Å². The number of sulfonamides is 1. The third-order valence-electron chi connectivity index (χ3n) is 8.60. The van der Waals surface area contributed by atoms with Crippen molar-refractivity contribution in [2.75, 3.05) is 19.7 Å². The number of hydrogen-bond donors (Lipinski definition) is 2. The van der Waals surface area contributed by atoms with E-state index in [1.807, 2.05) is 6.07 Å². The second kappa shape index (κ2) is 8.16. The maximum Gasteiger partial charge on any atom is 0.243 e. The molecule has 3 saturated carbocycles. The van der Waals surface area contributed by atoms with Gasteiger partial charge < -0.3 is 10.4 Å². The number of aliphatic hydroxyl groups is 1. The summed E-state index contributed by atoms with van der Waals surface area (Å²) >= 11 is 0. The van der Waals surface area contributed by atoms with Crippen LogP contribution in [0.5, 0.6) is 0 Å². The summed E-state index contributed by atoms with van der Waals surface area (Å²) in [7, 11) is -3.49. The lowest BCUT2D eigenvalue weighted by Gasteiger charge is -2.37. The number of aliphatic hydroxyl groups excluding tert-OH is 1. The number of rotatable bonds is 5. The summed E-state index contributed by atoms with van der Waals surface area (Å²) in [4.78, 5) is 13.4. The van der Waals surface area contributed by atoms with E-state index in [1.165, 1.54) is 10.7 Å². The molecule has 4 aliphatic rings. The average molecular weight is 447 g/mol. The smallest absolute Gasteiger partial charge is 0.243 e. The van der Waals surface area contributed by atoms with Gasteiger partial charge in [-0.3, -0.25) is 4.79 Å². The zero-order valence-electron chi connectivity index (χ0n) is 18.1. The Kier molecular flexibility index (Phi) is 5.64. The lowest BCUT2D eigenvalue weighted by molar-refractivity contribution is -0.127. The van der Waals surface area contributed by atoms with E-state index in [0.717, 1.165) is 32.1 Å². The standard InChI is InChI=1S/C24H34N2O4S/c27-16-24-13-17-6-7-22(21(15-24)19(12-17)14-24)25-23(28)18-8-10-26(11-9-18)31(29,30)20-4-2-1-3-5-20/h1-5,17-19,21-22,27H,6-16H2,(H,25,28)/t17-,19+,21?,22?,24?/m0/s1. The van der Waals surface area contributed by atoms with Crippen LogP contribution >= 0.6 is 0 Å². The van der Waals surface area contributed by atoms with Crippen LogP contribution < -0.4 is 5.32 Å². The molecule has 3 bridgehead atoms. The van der Waals surface area contributed by atoms with Gasteiger partial charge in [0.25, 0.3) is 0 Å². The molecule has 3 aliphatic carbocycles. The van der Waals surface area contributed by atoms with E-state index >= 15 is 0 Å². The van der Waals surface area contributed by atoms with Crippen molar-refractivity contribution in [3.63, 3.8) is 0 Å². The molecule has 31 heavy (non-hydrogen) atoms. The molecule has 4 fully saturated rings. The van der Waals surface area contributed by atoms with Gasteiger partial charge in [0.05, 0.1) is 4.90 Å². The number of benzene rings is 1. The van der Waals surface area contributed by atoms with Gasteiger partial charge in [0.15, 0.2) is 0 Å². The highest BCUT2D eigenvalue weighted by Crippen LogP contribution is 2.59. The molecule has 6 nitrogen and oxygen atoms in total. The number of piperidine rings is 1. The minimum Gasteiger partial charge on any atom is -0.396 e. The molecular formula is C24H34N2O4S. The molecule has 1 saturated heterocycles. The molecular weight excluding hydrogens is 412 g/mol. The minimum atomic E-state index is -3.49. The molecule has 2 N–H and O–H groups in total. The third-order valence-corrected chi connectivity index (χ3v) is 10.5. The Balaban J connectivity index is 1.20. The zero-order chi connectivity index (χ0) is 21.6. The Morgan fingerprint density at radius 3 is 2.52 bits per heavy atom. The van der Waals surface area contributed by atoms with Crippen molar-refractivity contribution >= 4 is 15.9 Å². The predicted octanol–water partition coefficient (Wildman–Crippen LogP) is 2.78. The third kappa shape index (κ3) is 3.93. The van der Waals surface area contributed by atoms with Gasteiger partial charge in [-0.05, 0) is 86.7 Å². The van der Waals surface area contributed by atoms with E-state index in [9.17, 15) is 18.3 Å². The molecule has 1 aliphatic heterocycles. The van der Waals surface area contributed by atoms with Gasteiger partial charge in [-0.1, -0.05) is 18.2 Å². The monoisotopic (exact) mass is 446 g/mol. The molecule has 7 heteroatoms. The first-order valence-corrected chi connectivity index (χ1v) is 13.3. The fourth-order valence-electron chi connectivity index (χ4n) is 7.10. The molecule has 1 heterocycles. The van der Waals surface area contributed by atoms with E-state index in [4.69, 9.17) is 0 Å². The molecule has 1 amide bonds. The number of carbonyl (C=O) groups is 1. The molecule has 0 aromatic heterocycles. The number of nitrogens with one attached hydrogen (secondary N) is 1. The van der Waals surface area contributed by atoms with Gasteiger partial charge in [-0.15, -0.1) is 0 Å². The van der Waals surface area contributed by atoms with Crippen LogP contribution in [0.4, 0.5) is 0 Å². The SMILES string of the molecule is O=C(NC1CC[C@H]2C[C@@H]3CC(CO)(CC13)C2)C1CCN(S(=O)(=O)c2ccccc2)CC1. The Labute approximate surface area is 185 Å². The maximum absolute atomic E-state index is 13.1. The molecule has 5 atom stereocenters. The molecule has 0 radical (unpaired) electrons. The molecule has 3 unspecified atom stereocenters. The van der Waals surface area contributed by atoms with Gasteiger partial charge in [0, 0.05) is 31.7 Å². The van der Waals surface area contributed by atoms with Crippen LogP contribution in [-0.2, 0) is 14.8 Å². The summed E-state index contributed by atoms with van der Waals surface area (Å²) in [5.41, 5.74) is 0.0960. The minimum absolute atomic E-state index is 0.0960. The highest BCUT2D eigenvalue weighted by molar-refractivity contribution is 7.89. The van der Waals surface area contributed by atoms with Gasteiger partial charge in [0.2, 0.25) is 15.9 Å². The van der Waals surface area contributed by atoms with E-state index in [2.05, 4.69) is 5.32 Å². The lowest BCUT2D eigenvalue weighted by Crippen LogP contribution is -2.47. The topological polar surface area (TPSA) is 86.7 Å². The van der Waals surface area contributed by atoms with Gasteiger partial charge >= 0.3 is 0 Å². The number of hydrogen-bond acceptors (Lipinski definition) is 4. The largest absolute Gasteiger partial charge is 0.396 e. The molecule has 5 rings (SSSR count). The molecule has 1 aromatic carbocycles. The van der Waals surface area contributed by atoms with Crippen molar-refractivity contribution in [1.29, 1.82) is 0 Å². The highest BCUT2D eigenvalue weighted by atomic mass is 32.2. The first-order chi connectivity index (χ1) is 14.9. The predicted molar refractivity (Wildman–Crippen MR) is 118 cm³/mol. The summed E-state index contributed by atoms with van der Waals surface area (Å²) in [6.45, 7) is 1.06. The molecule has 0 spiro atoms. The summed E-state index contributed by atoms with van der Waals surface area (Å²) in [5.74, 6) is 1.80. The highest BCUT2D eigenvalue weighted by Gasteiger charge is 2.54. The van der Waals surface area contributed by atoms with E-state index in [1.54, 1.807) is 24.3 Å². The number of fused-ring (bicyclic) bond motifs is 2. The van der Waals surface area contributed by atoms with Crippen molar-refractivity contribution < 1.29 is 18.3 Å². The quantitative estimate of drug-likeness (QED) is 0.728. The van der Waals surface area contributed by atoms with Crippen LogP contribution in [0.25, 0.3) is 0 Å².